The lowest BCUT2D eigenvalue weighted by molar-refractivity contribution is 0.102. The van der Waals surface area contributed by atoms with E-state index < -0.39 is 11.7 Å². The molecule has 0 radical (unpaired) electrons. The molecular weight excluding hydrogens is 378 g/mol. The van der Waals surface area contributed by atoms with Gasteiger partial charge < -0.3 is 0 Å². The first-order valence-corrected chi connectivity index (χ1v) is 9.31. The molecule has 1 N–H and O–H groups in total. The van der Waals surface area contributed by atoms with Crippen LogP contribution in [0.1, 0.15) is 10.4 Å². The molecule has 0 bridgehead atoms. The van der Waals surface area contributed by atoms with Crippen LogP contribution in [0.15, 0.2) is 78.9 Å². The lowest BCUT2D eigenvalue weighted by Gasteiger charge is -2.02. The molecule has 6 heteroatoms. The third-order valence-electron chi connectivity index (χ3n) is 4.12. The fraction of sp³-hybridized carbons (Fsp3) is 0. The van der Waals surface area contributed by atoms with Gasteiger partial charge in [0.2, 0.25) is 0 Å². The molecule has 1 aromatic heterocycles. The molecular formula is C22H14F2N2OS. The molecule has 28 heavy (non-hydrogen) atoms. The third kappa shape index (κ3) is 3.68. The van der Waals surface area contributed by atoms with E-state index >= 15 is 0 Å². The molecule has 0 fully saturated rings. The minimum atomic E-state index is -0.599. The van der Waals surface area contributed by atoms with Crippen LogP contribution in [-0.4, -0.2) is 10.9 Å². The van der Waals surface area contributed by atoms with Crippen molar-refractivity contribution in [1.82, 2.24) is 4.98 Å². The Bertz CT molecular complexity index is 1130. The van der Waals surface area contributed by atoms with Crippen LogP contribution in [0.25, 0.3) is 21.7 Å². The third-order valence-corrected chi connectivity index (χ3v) is 5.14. The van der Waals surface area contributed by atoms with Gasteiger partial charge >= 0.3 is 0 Å². The van der Waals surface area contributed by atoms with Crippen LogP contribution in [0, 0.1) is 11.6 Å². The molecule has 0 spiro atoms. The first-order chi connectivity index (χ1) is 13.6. The van der Waals surface area contributed by atoms with Crippen molar-refractivity contribution in [3.05, 3.63) is 96.1 Å². The average molecular weight is 392 g/mol. The highest BCUT2D eigenvalue weighted by Crippen LogP contribution is 2.39. The fourth-order valence-electron chi connectivity index (χ4n) is 2.77. The number of benzene rings is 3. The van der Waals surface area contributed by atoms with Crippen LogP contribution in [0.5, 0.6) is 0 Å². The molecule has 0 saturated heterocycles. The molecule has 138 valence electrons. The van der Waals surface area contributed by atoms with Crippen molar-refractivity contribution in [3.63, 3.8) is 0 Å². The molecule has 3 nitrogen and oxygen atoms in total. The van der Waals surface area contributed by atoms with Gasteiger partial charge in [-0.05, 0) is 42.0 Å². The molecule has 0 atom stereocenters. The van der Waals surface area contributed by atoms with Gasteiger partial charge in [-0.2, -0.15) is 0 Å². The normalized spacial score (nSPS) is 10.6. The topological polar surface area (TPSA) is 42.0 Å². The van der Waals surface area contributed by atoms with E-state index in [9.17, 15) is 13.6 Å². The first kappa shape index (κ1) is 18.0. The summed E-state index contributed by atoms with van der Waals surface area (Å²) in [6.07, 6.45) is 0. The summed E-state index contributed by atoms with van der Waals surface area (Å²) in [5.41, 5.74) is 2.22. The van der Waals surface area contributed by atoms with Crippen molar-refractivity contribution in [2.45, 2.75) is 0 Å². The number of nitrogens with one attached hydrogen (secondary N) is 1. The number of hydrogen-bond donors (Lipinski definition) is 1. The molecule has 1 amide bonds. The van der Waals surface area contributed by atoms with Crippen LogP contribution in [0.4, 0.5) is 13.9 Å². The minimum Gasteiger partial charge on any atom is -0.298 e. The van der Waals surface area contributed by atoms with Crippen molar-refractivity contribution < 1.29 is 13.6 Å². The maximum atomic E-state index is 13.9. The molecule has 4 aromatic rings. The summed E-state index contributed by atoms with van der Waals surface area (Å²) in [5, 5.41) is 3.00. The van der Waals surface area contributed by atoms with Gasteiger partial charge in [0.05, 0.1) is 16.1 Å². The lowest BCUT2D eigenvalue weighted by Crippen LogP contribution is -2.13. The molecule has 3 aromatic carbocycles. The van der Waals surface area contributed by atoms with Gasteiger partial charge in [-0.25, -0.2) is 13.8 Å². The molecule has 1 heterocycles. The second-order valence-electron chi connectivity index (χ2n) is 6.00. The monoisotopic (exact) mass is 392 g/mol. The van der Waals surface area contributed by atoms with Crippen LogP contribution >= 0.6 is 11.3 Å². The molecule has 0 aliphatic heterocycles. The van der Waals surface area contributed by atoms with Crippen molar-refractivity contribution in [3.8, 4) is 21.7 Å². The standard InChI is InChI=1S/C22H14F2N2OS/c23-16-12-10-14(11-13-16)19-20(15-6-2-1-3-7-15)28-22(25-19)26-21(27)17-8-4-5-9-18(17)24/h1-13H,(H,25,26,27). The predicted molar refractivity (Wildman–Crippen MR) is 107 cm³/mol. The van der Waals surface area contributed by atoms with E-state index in [0.717, 1.165) is 16.0 Å². The molecule has 0 aliphatic rings. The van der Waals surface area contributed by atoms with Crippen molar-refractivity contribution in [2.75, 3.05) is 5.32 Å². The smallest absolute Gasteiger partial charge is 0.260 e. The number of nitrogens with zero attached hydrogens (tertiary/aromatic N) is 1. The summed E-state index contributed by atoms with van der Waals surface area (Å²) in [4.78, 5) is 17.8. The van der Waals surface area contributed by atoms with Crippen molar-refractivity contribution >= 4 is 22.4 Å². The fourth-order valence-corrected chi connectivity index (χ4v) is 3.76. The highest BCUT2D eigenvalue weighted by atomic mass is 32.1. The van der Waals surface area contributed by atoms with Gasteiger partial charge in [-0.3, -0.25) is 10.1 Å². The molecule has 0 saturated carbocycles. The maximum Gasteiger partial charge on any atom is 0.260 e. The van der Waals surface area contributed by atoms with Gasteiger partial charge in [0.25, 0.3) is 5.91 Å². The highest BCUT2D eigenvalue weighted by Gasteiger charge is 2.18. The zero-order valence-electron chi connectivity index (χ0n) is 14.5. The Kier molecular flexibility index (Phi) is 4.95. The number of rotatable bonds is 4. The highest BCUT2D eigenvalue weighted by molar-refractivity contribution is 7.19. The van der Waals surface area contributed by atoms with E-state index in [4.69, 9.17) is 0 Å². The van der Waals surface area contributed by atoms with Crippen LogP contribution < -0.4 is 5.32 Å². The van der Waals surface area contributed by atoms with E-state index in [2.05, 4.69) is 10.3 Å². The van der Waals surface area contributed by atoms with Crippen molar-refractivity contribution in [2.24, 2.45) is 0 Å². The number of aromatic nitrogens is 1. The number of carbonyl (C=O) groups excluding carboxylic acids is 1. The molecule has 0 aliphatic carbocycles. The Morgan fingerprint density at radius 1 is 0.821 bits per heavy atom. The summed E-state index contributed by atoms with van der Waals surface area (Å²) >= 11 is 1.28. The van der Waals surface area contributed by atoms with Gasteiger partial charge in [0, 0.05) is 5.56 Å². The summed E-state index contributed by atoms with van der Waals surface area (Å²) in [5.74, 6) is -1.51. The van der Waals surface area contributed by atoms with Crippen LogP contribution in [0.3, 0.4) is 0 Å². The average Bonchev–Trinajstić information content (AvgIpc) is 3.13. The van der Waals surface area contributed by atoms with Gasteiger partial charge in [-0.15, -0.1) is 0 Å². The number of hydrogen-bond acceptors (Lipinski definition) is 3. The molecule has 0 unspecified atom stereocenters. The Hall–Kier alpha value is -3.38. The number of halogens is 2. The van der Waals surface area contributed by atoms with Gasteiger partial charge in [0.1, 0.15) is 11.6 Å². The molecule has 4 rings (SSSR count). The zero-order chi connectivity index (χ0) is 19.5. The van der Waals surface area contributed by atoms with Crippen molar-refractivity contribution in [1.29, 1.82) is 0 Å². The second kappa shape index (κ2) is 7.70. The van der Waals surface area contributed by atoms with E-state index in [0.29, 0.717) is 10.8 Å². The first-order valence-electron chi connectivity index (χ1n) is 8.50. The Morgan fingerprint density at radius 3 is 2.21 bits per heavy atom. The minimum absolute atomic E-state index is 0.0534. The quantitative estimate of drug-likeness (QED) is 0.462. The summed E-state index contributed by atoms with van der Waals surface area (Å²) in [6, 6.07) is 21.3. The number of carbonyl (C=O) groups is 1. The Balaban J connectivity index is 1.74. The van der Waals surface area contributed by atoms with Crippen LogP contribution in [0.2, 0.25) is 0 Å². The van der Waals surface area contributed by atoms with E-state index in [1.807, 2.05) is 30.3 Å². The summed E-state index contributed by atoms with van der Waals surface area (Å²) < 4.78 is 27.2. The Labute approximate surface area is 164 Å². The maximum absolute atomic E-state index is 13.9. The largest absolute Gasteiger partial charge is 0.298 e. The number of anilines is 1. The number of amides is 1. The number of thiazole rings is 1. The second-order valence-corrected chi connectivity index (χ2v) is 7.00. The SMILES string of the molecule is O=C(Nc1nc(-c2ccc(F)cc2)c(-c2ccccc2)s1)c1ccccc1F. The van der Waals surface area contributed by atoms with Crippen LogP contribution in [-0.2, 0) is 0 Å². The van der Waals surface area contributed by atoms with E-state index in [1.165, 1.54) is 41.7 Å². The van der Waals surface area contributed by atoms with E-state index in [1.54, 1.807) is 18.2 Å². The van der Waals surface area contributed by atoms with Gasteiger partial charge in [0.15, 0.2) is 5.13 Å². The summed E-state index contributed by atoms with van der Waals surface area (Å²) in [6.45, 7) is 0. The lowest BCUT2D eigenvalue weighted by atomic mass is 10.1. The zero-order valence-corrected chi connectivity index (χ0v) is 15.3. The predicted octanol–water partition coefficient (Wildman–Crippen LogP) is 6.01. The van der Waals surface area contributed by atoms with Gasteiger partial charge in [-0.1, -0.05) is 53.8 Å². The summed E-state index contributed by atoms with van der Waals surface area (Å²) in [7, 11) is 0. The van der Waals surface area contributed by atoms with E-state index in [-0.39, 0.29) is 11.4 Å². The Morgan fingerprint density at radius 2 is 1.50 bits per heavy atom.